The van der Waals surface area contributed by atoms with Crippen LogP contribution in [0.25, 0.3) is 10.9 Å². The number of anilines is 2. The summed E-state index contributed by atoms with van der Waals surface area (Å²) in [6, 6.07) is 10.3. The summed E-state index contributed by atoms with van der Waals surface area (Å²) in [6.45, 7) is 1.54. The van der Waals surface area contributed by atoms with E-state index >= 15 is 0 Å². The van der Waals surface area contributed by atoms with Gasteiger partial charge in [0, 0.05) is 36.1 Å². The number of rotatable bonds is 3. The van der Waals surface area contributed by atoms with Crippen LogP contribution in [0.4, 0.5) is 15.9 Å². The fourth-order valence-electron chi connectivity index (χ4n) is 3.86. The molecule has 0 saturated carbocycles. The van der Waals surface area contributed by atoms with Crippen LogP contribution >= 0.6 is 0 Å². The first-order valence-corrected chi connectivity index (χ1v) is 9.54. The summed E-state index contributed by atoms with van der Waals surface area (Å²) in [5.41, 5.74) is 1.01. The standard InChI is InChI=1S/C21H19FN4O3/c22-16-3-1-2-15-19(16)23-11-24-20(15)26-8-6-13(7-9-26)21(27)25-14-4-5-17-18(10-14)29-12-28-17/h1-5,10-11,13H,6-9,12H2,(H,25,27). The number of halogens is 1. The van der Waals surface area contributed by atoms with Gasteiger partial charge in [0.2, 0.25) is 12.7 Å². The number of aromatic nitrogens is 2. The molecular formula is C21H19FN4O3. The highest BCUT2D eigenvalue weighted by Crippen LogP contribution is 2.35. The zero-order valence-electron chi connectivity index (χ0n) is 15.6. The minimum Gasteiger partial charge on any atom is -0.454 e. The topological polar surface area (TPSA) is 76.6 Å². The predicted molar refractivity (Wildman–Crippen MR) is 106 cm³/mol. The number of amides is 1. The van der Waals surface area contributed by atoms with Crippen LogP contribution < -0.4 is 19.7 Å². The SMILES string of the molecule is O=C(Nc1ccc2c(c1)OCO2)C1CCN(c2ncnc3c(F)cccc23)CC1. The van der Waals surface area contributed by atoms with E-state index in [1.807, 2.05) is 12.1 Å². The molecule has 2 aliphatic rings. The van der Waals surface area contributed by atoms with Crippen molar-refractivity contribution in [2.24, 2.45) is 5.92 Å². The van der Waals surface area contributed by atoms with Crippen molar-refractivity contribution in [1.82, 2.24) is 9.97 Å². The molecule has 3 aromatic rings. The van der Waals surface area contributed by atoms with Crippen LogP contribution in [0.15, 0.2) is 42.7 Å². The zero-order valence-corrected chi connectivity index (χ0v) is 15.6. The average molecular weight is 394 g/mol. The average Bonchev–Trinajstić information content (AvgIpc) is 3.22. The number of hydrogen-bond acceptors (Lipinski definition) is 6. The van der Waals surface area contributed by atoms with Crippen molar-refractivity contribution in [2.45, 2.75) is 12.8 Å². The fraction of sp³-hybridized carbons (Fsp3) is 0.286. The summed E-state index contributed by atoms with van der Waals surface area (Å²) in [5, 5.41) is 3.66. The number of fused-ring (bicyclic) bond motifs is 2. The van der Waals surface area contributed by atoms with E-state index in [1.54, 1.807) is 18.2 Å². The summed E-state index contributed by atoms with van der Waals surface area (Å²) >= 11 is 0. The Morgan fingerprint density at radius 1 is 1.10 bits per heavy atom. The first-order chi connectivity index (χ1) is 14.2. The quantitative estimate of drug-likeness (QED) is 0.734. The first kappa shape index (κ1) is 17.7. The molecule has 1 N–H and O–H groups in total. The third-order valence-corrected chi connectivity index (χ3v) is 5.40. The van der Waals surface area contributed by atoms with Gasteiger partial charge in [-0.1, -0.05) is 6.07 Å². The fourth-order valence-corrected chi connectivity index (χ4v) is 3.86. The van der Waals surface area contributed by atoms with Crippen molar-refractivity contribution in [2.75, 3.05) is 30.1 Å². The number of ether oxygens (including phenoxy) is 2. The van der Waals surface area contributed by atoms with E-state index in [0.29, 0.717) is 59.8 Å². The summed E-state index contributed by atoms with van der Waals surface area (Å²) in [4.78, 5) is 23.2. The van der Waals surface area contributed by atoms with Crippen molar-refractivity contribution in [3.63, 3.8) is 0 Å². The molecule has 0 bridgehead atoms. The first-order valence-electron chi connectivity index (χ1n) is 9.54. The van der Waals surface area contributed by atoms with E-state index in [4.69, 9.17) is 9.47 Å². The number of para-hydroxylation sites is 1. The predicted octanol–water partition coefficient (Wildman–Crippen LogP) is 3.35. The Hall–Kier alpha value is -3.42. The van der Waals surface area contributed by atoms with Crippen LogP contribution in [0.2, 0.25) is 0 Å². The van der Waals surface area contributed by atoms with Gasteiger partial charge >= 0.3 is 0 Å². The third-order valence-electron chi connectivity index (χ3n) is 5.40. The van der Waals surface area contributed by atoms with E-state index in [1.165, 1.54) is 12.4 Å². The van der Waals surface area contributed by atoms with Crippen LogP contribution in [0.5, 0.6) is 11.5 Å². The Bertz CT molecular complexity index is 1080. The Kier molecular flexibility index (Phi) is 4.38. The molecule has 0 spiro atoms. The van der Waals surface area contributed by atoms with Gasteiger partial charge in [0.05, 0.1) is 0 Å². The minimum absolute atomic E-state index is 0.0119. The van der Waals surface area contributed by atoms with Crippen molar-refractivity contribution >= 4 is 28.3 Å². The number of carbonyl (C=O) groups is 1. The maximum absolute atomic E-state index is 14.0. The molecule has 7 nitrogen and oxygen atoms in total. The van der Waals surface area contributed by atoms with Gasteiger partial charge < -0.3 is 19.7 Å². The summed E-state index contributed by atoms with van der Waals surface area (Å²) < 4.78 is 24.7. The maximum atomic E-state index is 14.0. The number of carbonyl (C=O) groups excluding carboxylic acids is 1. The Labute approximate surface area is 166 Å². The van der Waals surface area contributed by atoms with E-state index in [9.17, 15) is 9.18 Å². The zero-order chi connectivity index (χ0) is 19.8. The van der Waals surface area contributed by atoms with Crippen LogP contribution in [0.3, 0.4) is 0 Å². The molecule has 8 heteroatoms. The lowest BCUT2D eigenvalue weighted by atomic mass is 9.95. The highest BCUT2D eigenvalue weighted by atomic mass is 19.1. The highest BCUT2D eigenvalue weighted by molar-refractivity contribution is 5.93. The lowest BCUT2D eigenvalue weighted by molar-refractivity contribution is -0.120. The molecule has 3 heterocycles. The van der Waals surface area contributed by atoms with Crippen LogP contribution in [0, 0.1) is 11.7 Å². The second-order valence-electron chi connectivity index (χ2n) is 7.15. The van der Waals surface area contributed by atoms with Gasteiger partial charge in [-0.05, 0) is 37.1 Å². The van der Waals surface area contributed by atoms with Crippen molar-refractivity contribution in [3.05, 3.63) is 48.5 Å². The molecule has 148 valence electrons. The van der Waals surface area contributed by atoms with Gasteiger partial charge in [0.15, 0.2) is 11.5 Å². The molecular weight excluding hydrogens is 375 g/mol. The monoisotopic (exact) mass is 394 g/mol. The lowest BCUT2D eigenvalue weighted by Gasteiger charge is -2.32. The van der Waals surface area contributed by atoms with E-state index in [-0.39, 0.29) is 24.4 Å². The van der Waals surface area contributed by atoms with Gasteiger partial charge in [-0.15, -0.1) is 0 Å². The molecule has 29 heavy (non-hydrogen) atoms. The molecule has 0 atom stereocenters. The summed E-state index contributed by atoms with van der Waals surface area (Å²) in [6.07, 6.45) is 2.77. The van der Waals surface area contributed by atoms with E-state index in [0.717, 1.165) is 0 Å². The molecule has 0 radical (unpaired) electrons. The molecule has 1 saturated heterocycles. The number of nitrogens with one attached hydrogen (secondary N) is 1. The number of nitrogens with zero attached hydrogens (tertiary/aromatic N) is 3. The maximum Gasteiger partial charge on any atom is 0.231 e. The van der Waals surface area contributed by atoms with Crippen molar-refractivity contribution in [3.8, 4) is 11.5 Å². The Morgan fingerprint density at radius 3 is 2.79 bits per heavy atom. The second-order valence-corrected chi connectivity index (χ2v) is 7.15. The Morgan fingerprint density at radius 2 is 1.93 bits per heavy atom. The number of piperidine rings is 1. The highest BCUT2D eigenvalue weighted by Gasteiger charge is 2.27. The van der Waals surface area contributed by atoms with Crippen LogP contribution in [-0.2, 0) is 4.79 Å². The van der Waals surface area contributed by atoms with Gasteiger partial charge in [-0.3, -0.25) is 4.79 Å². The van der Waals surface area contributed by atoms with Gasteiger partial charge in [-0.2, -0.15) is 0 Å². The molecule has 2 aliphatic heterocycles. The lowest BCUT2D eigenvalue weighted by Crippen LogP contribution is -2.38. The van der Waals surface area contributed by atoms with Crippen LogP contribution in [0.1, 0.15) is 12.8 Å². The van der Waals surface area contributed by atoms with Gasteiger partial charge in [0.1, 0.15) is 23.5 Å². The largest absolute Gasteiger partial charge is 0.454 e. The molecule has 1 fully saturated rings. The third kappa shape index (κ3) is 3.30. The number of hydrogen-bond donors (Lipinski definition) is 1. The van der Waals surface area contributed by atoms with Crippen LogP contribution in [-0.4, -0.2) is 35.8 Å². The Balaban J connectivity index is 1.26. The minimum atomic E-state index is -0.357. The van der Waals surface area contributed by atoms with Gasteiger partial charge in [0.25, 0.3) is 0 Å². The summed E-state index contributed by atoms with van der Waals surface area (Å²) in [5.74, 6) is 1.57. The second kappa shape index (κ2) is 7.20. The van der Waals surface area contributed by atoms with Gasteiger partial charge in [-0.25, -0.2) is 14.4 Å². The summed E-state index contributed by atoms with van der Waals surface area (Å²) in [7, 11) is 0. The number of benzene rings is 2. The smallest absolute Gasteiger partial charge is 0.231 e. The van der Waals surface area contributed by atoms with Crippen molar-refractivity contribution < 1.29 is 18.7 Å². The van der Waals surface area contributed by atoms with E-state index < -0.39 is 0 Å². The normalized spacial score (nSPS) is 16.2. The molecule has 5 rings (SSSR count). The van der Waals surface area contributed by atoms with Crippen molar-refractivity contribution in [1.29, 1.82) is 0 Å². The van der Waals surface area contributed by atoms with E-state index in [2.05, 4.69) is 20.2 Å². The molecule has 0 aliphatic carbocycles. The molecule has 2 aromatic carbocycles. The molecule has 1 amide bonds. The molecule has 0 unspecified atom stereocenters. The molecule has 1 aromatic heterocycles.